The molecule has 0 aliphatic rings. The van der Waals surface area contributed by atoms with Gasteiger partial charge in [0.15, 0.2) is 0 Å². The van der Waals surface area contributed by atoms with Crippen molar-refractivity contribution in [3.8, 4) is 0 Å². The van der Waals surface area contributed by atoms with Crippen LogP contribution in [0.5, 0.6) is 0 Å². The van der Waals surface area contributed by atoms with Crippen molar-refractivity contribution in [2.45, 2.75) is 25.9 Å². The van der Waals surface area contributed by atoms with Crippen LogP contribution in [0.15, 0.2) is 0 Å². The molecule has 6 nitrogen and oxygen atoms in total. The smallest absolute Gasteiger partial charge is 0.0773 e. The molecule has 0 aromatic rings. The molecule has 0 radical (unpaired) electrons. The molecule has 0 aliphatic heterocycles. The Bertz CT molecular complexity index is 167. The van der Waals surface area contributed by atoms with Crippen molar-refractivity contribution in [1.82, 2.24) is 0 Å². The van der Waals surface area contributed by atoms with Crippen molar-refractivity contribution < 1.29 is 29.2 Å². The SMILES string of the molecule is CCCC(O)COCCOCCOCCOCCO. The fraction of sp³-hybridized carbons (Fsp3) is 1.00. The summed E-state index contributed by atoms with van der Waals surface area (Å²) >= 11 is 0. The number of ether oxygens (including phenoxy) is 4. The van der Waals surface area contributed by atoms with Crippen LogP contribution in [0.3, 0.4) is 0 Å². The minimum Gasteiger partial charge on any atom is -0.394 e. The van der Waals surface area contributed by atoms with Gasteiger partial charge in [0, 0.05) is 0 Å². The summed E-state index contributed by atoms with van der Waals surface area (Å²) < 4.78 is 20.8. The first kappa shape index (κ1) is 18.8. The molecule has 2 N–H and O–H groups in total. The molecule has 0 spiro atoms. The minimum absolute atomic E-state index is 0.0378. The number of aliphatic hydroxyl groups excluding tert-OH is 2. The normalized spacial score (nSPS) is 12.8. The number of rotatable bonds is 15. The van der Waals surface area contributed by atoms with Gasteiger partial charge < -0.3 is 29.2 Å². The predicted molar refractivity (Wildman–Crippen MR) is 71.3 cm³/mol. The van der Waals surface area contributed by atoms with Gasteiger partial charge in [0.05, 0.1) is 65.6 Å². The Morgan fingerprint density at radius 2 is 1.26 bits per heavy atom. The number of hydrogen-bond acceptors (Lipinski definition) is 6. The summed E-state index contributed by atoms with van der Waals surface area (Å²) in [6.45, 7) is 5.79. The lowest BCUT2D eigenvalue weighted by atomic mass is 10.2. The fourth-order valence-electron chi connectivity index (χ4n) is 1.36. The van der Waals surface area contributed by atoms with Crippen molar-refractivity contribution in [1.29, 1.82) is 0 Å². The van der Waals surface area contributed by atoms with Gasteiger partial charge in [-0.15, -0.1) is 0 Å². The van der Waals surface area contributed by atoms with E-state index in [9.17, 15) is 5.11 Å². The molecule has 0 amide bonds. The van der Waals surface area contributed by atoms with E-state index < -0.39 is 0 Å². The highest BCUT2D eigenvalue weighted by Gasteiger charge is 2.01. The van der Waals surface area contributed by atoms with Crippen LogP contribution < -0.4 is 0 Å². The van der Waals surface area contributed by atoms with E-state index in [4.69, 9.17) is 24.1 Å². The molecule has 0 heterocycles. The molecule has 6 heteroatoms. The first-order valence-corrected chi connectivity index (χ1v) is 6.91. The second kappa shape index (κ2) is 15.8. The lowest BCUT2D eigenvalue weighted by Crippen LogP contribution is -2.17. The van der Waals surface area contributed by atoms with Gasteiger partial charge in [-0.3, -0.25) is 0 Å². The first-order chi connectivity index (χ1) is 9.31. The fourth-order valence-corrected chi connectivity index (χ4v) is 1.36. The molecular weight excluding hydrogens is 252 g/mol. The van der Waals surface area contributed by atoms with E-state index in [1.54, 1.807) is 0 Å². The zero-order valence-corrected chi connectivity index (χ0v) is 11.9. The second-order valence-electron chi connectivity index (χ2n) is 4.08. The standard InChI is InChI=1S/C13H28O6/c1-2-3-13(15)12-19-11-10-18-9-8-17-7-6-16-5-4-14/h13-15H,2-12H2,1H3. The van der Waals surface area contributed by atoms with Gasteiger partial charge in [-0.1, -0.05) is 13.3 Å². The molecule has 0 bridgehead atoms. The summed E-state index contributed by atoms with van der Waals surface area (Å²) in [6, 6.07) is 0. The molecule has 0 saturated carbocycles. The van der Waals surface area contributed by atoms with Crippen LogP contribution in [0.2, 0.25) is 0 Å². The third-order valence-electron chi connectivity index (χ3n) is 2.28. The van der Waals surface area contributed by atoms with Crippen molar-refractivity contribution >= 4 is 0 Å². The van der Waals surface area contributed by atoms with Crippen molar-refractivity contribution in [3.05, 3.63) is 0 Å². The summed E-state index contributed by atoms with van der Waals surface area (Å²) in [6.07, 6.45) is 1.36. The molecule has 0 aromatic carbocycles. The average molecular weight is 280 g/mol. The first-order valence-electron chi connectivity index (χ1n) is 6.91. The highest BCUT2D eigenvalue weighted by Crippen LogP contribution is 1.96. The molecule has 1 unspecified atom stereocenters. The topological polar surface area (TPSA) is 77.4 Å². The van der Waals surface area contributed by atoms with E-state index in [-0.39, 0.29) is 12.7 Å². The lowest BCUT2D eigenvalue weighted by Gasteiger charge is -2.10. The van der Waals surface area contributed by atoms with E-state index in [1.807, 2.05) is 6.92 Å². The Morgan fingerprint density at radius 3 is 1.74 bits per heavy atom. The van der Waals surface area contributed by atoms with Crippen molar-refractivity contribution in [2.24, 2.45) is 0 Å². The largest absolute Gasteiger partial charge is 0.394 e. The zero-order chi connectivity index (χ0) is 14.2. The van der Waals surface area contributed by atoms with Gasteiger partial charge >= 0.3 is 0 Å². The zero-order valence-electron chi connectivity index (χ0n) is 11.9. The maximum atomic E-state index is 9.40. The van der Waals surface area contributed by atoms with Crippen LogP contribution in [0.1, 0.15) is 19.8 Å². The van der Waals surface area contributed by atoms with Crippen LogP contribution in [-0.2, 0) is 18.9 Å². The molecule has 0 rings (SSSR count). The van der Waals surface area contributed by atoms with Crippen LogP contribution in [-0.4, -0.2) is 75.8 Å². The van der Waals surface area contributed by atoms with Gasteiger partial charge in [-0.05, 0) is 6.42 Å². The minimum atomic E-state index is -0.368. The summed E-state index contributed by atoms with van der Waals surface area (Å²) in [4.78, 5) is 0. The Labute approximate surface area is 115 Å². The third kappa shape index (κ3) is 15.7. The molecular formula is C13H28O6. The van der Waals surface area contributed by atoms with Crippen molar-refractivity contribution in [2.75, 3.05) is 59.5 Å². The summed E-state index contributed by atoms with van der Waals surface area (Å²) in [5, 5.41) is 17.9. The van der Waals surface area contributed by atoms with E-state index >= 15 is 0 Å². The number of hydrogen-bond donors (Lipinski definition) is 2. The lowest BCUT2D eigenvalue weighted by molar-refractivity contribution is -0.0195. The Kier molecular flexibility index (Phi) is 15.6. The summed E-state index contributed by atoms with van der Waals surface area (Å²) in [5.74, 6) is 0. The Hall–Kier alpha value is -0.240. The quantitative estimate of drug-likeness (QED) is 0.417. The second-order valence-corrected chi connectivity index (χ2v) is 4.08. The van der Waals surface area contributed by atoms with E-state index in [2.05, 4.69) is 0 Å². The van der Waals surface area contributed by atoms with Crippen LogP contribution in [0, 0.1) is 0 Å². The predicted octanol–water partition coefficient (Wildman–Crippen LogP) is 0.206. The highest BCUT2D eigenvalue weighted by atomic mass is 16.6. The Balaban J connectivity index is 2.99. The van der Waals surface area contributed by atoms with E-state index in [1.165, 1.54) is 0 Å². The molecule has 0 saturated heterocycles. The summed E-state index contributed by atoms with van der Waals surface area (Å²) in [7, 11) is 0. The average Bonchev–Trinajstić information content (AvgIpc) is 2.40. The van der Waals surface area contributed by atoms with E-state index in [0.29, 0.717) is 52.9 Å². The maximum absolute atomic E-state index is 9.40. The van der Waals surface area contributed by atoms with Gasteiger partial charge in [0.1, 0.15) is 0 Å². The molecule has 0 aromatic heterocycles. The van der Waals surface area contributed by atoms with Crippen molar-refractivity contribution in [3.63, 3.8) is 0 Å². The molecule has 1 atom stereocenters. The van der Waals surface area contributed by atoms with Crippen LogP contribution >= 0.6 is 0 Å². The van der Waals surface area contributed by atoms with Crippen LogP contribution in [0.25, 0.3) is 0 Å². The molecule has 0 fully saturated rings. The Morgan fingerprint density at radius 1 is 0.789 bits per heavy atom. The van der Waals surface area contributed by atoms with E-state index in [0.717, 1.165) is 12.8 Å². The summed E-state index contributed by atoms with van der Waals surface area (Å²) in [5.41, 5.74) is 0. The third-order valence-corrected chi connectivity index (χ3v) is 2.28. The van der Waals surface area contributed by atoms with Gasteiger partial charge in [-0.2, -0.15) is 0 Å². The molecule has 19 heavy (non-hydrogen) atoms. The molecule has 116 valence electrons. The monoisotopic (exact) mass is 280 g/mol. The molecule has 0 aliphatic carbocycles. The van der Waals surface area contributed by atoms with Crippen LogP contribution in [0.4, 0.5) is 0 Å². The van der Waals surface area contributed by atoms with Gasteiger partial charge in [0.2, 0.25) is 0 Å². The maximum Gasteiger partial charge on any atom is 0.0773 e. The van der Waals surface area contributed by atoms with Gasteiger partial charge in [0.25, 0.3) is 0 Å². The van der Waals surface area contributed by atoms with Gasteiger partial charge in [-0.25, -0.2) is 0 Å². The number of aliphatic hydroxyl groups is 2. The highest BCUT2D eigenvalue weighted by molar-refractivity contribution is 4.51.